The SMILES string of the molecule is O=C(c1ccc2c(c1)OCCO2)C1CCN(CC(=O)N2CCOCC2)CC1. The van der Waals surface area contributed by atoms with E-state index in [4.69, 9.17) is 14.2 Å². The van der Waals surface area contributed by atoms with Crippen molar-refractivity contribution in [2.45, 2.75) is 12.8 Å². The van der Waals surface area contributed by atoms with Crippen molar-refractivity contribution in [1.29, 1.82) is 0 Å². The average Bonchev–Trinajstić information content (AvgIpc) is 2.74. The predicted molar refractivity (Wildman–Crippen MR) is 98.3 cm³/mol. The molecule has 7 heteroatoms. The Bertz CT molecular complexity index is 694. The minimum Gasteiger partial charge on any atom is -0.486 e. The zero-order chi connectivity index (χ0) is 18.6. The Balaban J connectivity index is 1.29. The molecule has 0 radical (unpaired) electrons. The molecular weight excluding hydrogens is 348 g/mol. The molecule has 0 atom stereocenters. The molecule has 3 aliphatic heterocycles. The van der Waals surface area contributed by atoms with Gasteiger partial charge in [0.05, 0.1) is 19.8 Å². The van der Waals surface area contributed by atoms with Crippen LogP contribution in [-0.4, -0.2) is 80.6 Å². The molecule has 3 heterocycles. The van der Waals surface area contributed by atoms with Crippen LogP contribution in [0.5, 0.6) is 11.5 Å². The van der Waals surface area contributed by atoms with Gasteiger partial charge in [-0.05, 0) is 44.1 Å². The number of amides is 1. The normalized spacial score (nSPS) is 21.1. The molecule has 1 aromatic carbocycles. The van der Waals surface area contributed by atoms with Crippen molar-refractivity contribution in [2.24, 2.45) is 5.92 Å². The van der Waals surface area contributed by atoms with Crippen LogP contribution >= 0.6 is 0 Å². The maximum Gasteiger partial charge on any atom is 0.236 e. The molecule has 146 valence electrons. The molecule has 0 bridgehead atoms. The van der Waals surface area contributed by atoms with Crippen molar-refractivity contribution in [3.05, 3.63) is 23.8 Å². The van der Waals surface area contributed by atoms with Gasteiger partial charge in [0.25, 0.3) is 0 Å². The second kappa shape index (κ2) is 8.27. The molecule has 4 rings (SSSR count). The first-order chi connectivity index (χ1) is 13.2. The summed E-state index contributed by atoms with van der Waals surface area (Å²) < 4.78 is 16.4. The van der Waals surface area contributed by atoms with Gasteiger partial charge in [0.15, 0.2) is 17.3 Å². The summed E-state index contributed by atoms with van der Waals surface area (Å²) in [6.45, 7) is 5.65. The number of likely N-dealkylation sites (tertiary alicyclic amines) is 1. The molecule has 0 N–H and O–H groups in total. The Morgan fingerprint density at radius 1 is 0.926 bits per heavy atom. The van der Waals surface area contributed by atoms with Gasteiger partial charge < -0.3 is 19.1 Å². The van der Waals surface area contributed by atoms with Crippen molar-refractivity contribution < 1.29 is 23.8 Å². The van der Waals surface area contributed by atoms with E-state index in [0.717, 1.165) is 25.9 Å². The summed E-state index contributed by atoms with van der Waals surface area (Å²) in [5, 5.41) is 0. The third-order valence-electron chi connectivity index (χ3n) is 5.51. The lowest BCUT2D eigenvalue weighted by Crippen LogP contribution is -2.47. The highest BCUT2D eigenvalue weighted by atomic mass is 16.6. The first kappa shape index (κ1) is 18.3. The van der Waals surface area contributed by atoms with E-state index in [1.165, 1.54) is 0 Å². The van der Waals surface area contributed by atoms with Crippen LogP contribution < -0.4 is 9.47 Å². The summed E-state index contributed by atoms with van der Waals surface area (Å²) in [4.78, 5) is 29.3. The van der Waals surface area contributed by atoms with Gasteiger partial charge in [-0.1, -0.05) is 0 Å². The minimum absolute atomic E-state index is 0.00213. The zero-order valence-electron chi connectivity index (χ0n) is 15.5. The number of carbonyl (C=O) groups excluding carboxylic acids is 2. The monoisotopic (exact) mass is 374 g/mol. The number of hydrogen-bond donors (Lipinski definition) is 0. The fourth-order valence-corrected chi connectivity index (χ4v) is 3.89. The second-order valence-corrected chi connectivity index (χ2v) is 7.27. The van der Waals surface area contributed by atoms with Crippen molar-refractivity contribution in [1.82, 2.24) is 9.80 Å². The Morgan fingerprint density at radius 3 is 2.37 bits per heavy atom. The molecule has 0 aromatic heterocycles. The second-order valence-electron chi connectivity index (χ2n) is 7.27. The van der Waals surface area contributed by atoms with E-state index in [2.05, 4.69) is 4.90 Å². The lowest BCUT2D eigenvalue weighted by atomic mass is 9.88. The topological polar surface area (TPSA) is 68.3 Å². The lowest BCUT2D eigenvalue weighted by molar-refractivity contribution is -0.136. The van der Waals surface area contributed by atoms with Crippen molar-refractivity contribution in [2.75, 3.05) is 59.2 Å². The number of ether oxygens (including phenoxy) is 3. The van der Waals surface area contributed by atoms with Crippen LogP contribution in [0.15, 0.2) is 18.2 Å². The summed E-state index contributed by atoms with van der Waals surface area (Å²) in [6, 6.07) is 5.44. The van der Waals surface area contributed by atoms with Crippen LogP contribution in [0.2, 0.25) is 0 Å². The Hall–Kier alpha value is -2.12. The predicted octanol–water partition coefficient (Wildman–Crippen LogP) is 1.21. The van der Waals surface area contributed by atoms with Gasteiger partial charge in [0.1, 0.15) is 13.2 Å². The van der Waals surface area contributed by atoms with Gasteiger partial charge >= 0.3 is 0 Å². The fraction of sp³-hybridized carbons (Fsp3) is 0.600. The van der Waals surface area contributed by atoms with Crippen LogP contribution in [0, 0.1) is 5.92 Å². The highest BCUT2D eigenvalue weighted by molar-refractivity contribution is 5.98. The van der Waals surface area contributed by atoms with Gasteiger partial charge in [-0.25, -0.2) is 0 Å². The van der Waals surface area contributed by atoms with Gasteiger partial charge in [-0.15, -0.1) is 0 Å². The molecule has 0 spiro atoms. The number of piperidine rings is 1. The smallest absolute Gasteiger partial charge is 0.236 e. The van der Waals surface area contributed by atoms with Gasteiger partial charge in [-0.2, -0.15) is 0 Å². The number of nitrogens with zero attached hydrogens (tertiary/aromatic N) is 2. The third kappa shape index (κ3) is 4.25. The molecule has 2 fully saturated rings. The van der Waals surface area contributed by atoms with Crippen molar-refractivity contribution in [3.63, 3.8) is 0 Å². The number of fused-ring (bicyclic) bond motifs is 1. The third-order valence-corrected chi connectivity index (χ3v) is 5.51. The minimum atomic E-state index is 0.00213. The summed E-state index contributed by atoms with van der Waals surface area (Å²) >= 11 is 0. The molecule has 1 aromatic rings. The van der Waals surface area contributed by atoms with E-state index in [1.807, 2.05) is 17.0 Å². The lowest BCUT2D eigenvalue weighted by Gasteiger charge is -2.33. The summed E-state index contributed by atoms with van der Waals surface area (Å²) in [5.74, 6) is 1.68. The van der Waals surface area contributed by atoms with E-state index in [0.29, 0.717) is 63.1 Å². The van der Waals surface area contributed by atoms with E-state index in [1.54, 1.807) is 6.07 Å². The number of rotatable bonds is 4. The molecular formula is C20H26N2O5. The average molecular weight is 374 g/mol. The van der Waals surface area contributed by atoms with Crippen LogP contribution in [0.3, 0.4) is 0 Å². The summed E-state index contributed by atoms with van der Waals surface area (Å²) in [6.07, 6.45) is 1.56. The molecule has 0 unspecified atom stereocenters. The van der Waals surface area contributed by atoms with E-state index >= 15 is 0 Å². The van der Waals surface area contributed by atoms with Crippen LogP contribution in [-0.2, 0) is 9.53 Å². The van der Waals surface area contributed by atoms with E-state index in [-0.39, 0.29) is 17.6 Å². The number of morpholine rings is 1. The van der Waals surface area contributed by atoms with Crippen LogP contribution in [0.25, 0.3) is 0 Å². The standard InChI is InChI=1S/C20H26N2O5/c23-19(22-7-9-25-10-8-22)14-21-5-3-15(4-6-21)20(24)16-1-2-17-18(13-16)27-12-11-26-17/h1-2,13,15H,3-12,14H2. The Kier molecular flexibility index (Phi) is 5.59. The van der Waals surface area contributed by atoms with Gasteiger partial charge in [0, 0.05) is 24.6 Å². The van der Waals surface area contributed by atoms with E-state index < -0.39 is 0 Å². The molecule has 2 saturated heterocycles. The van der Waals surface area contributed by atoms with E-state index in [9.17, 15) is 9.59 Å². The van der Waals surface area contributed by atoms with Crippen LogP contribution in [0.4, 0.5) is 0 Å². The number of hydrogen-bond acceptors (Lipinski definition) is 6. The highest BCUT2D eigenvalue weighted by Gasteiger charge is 2.28. The number of ketones is 1. The van der Waals surface area contributed by atoms with Gasteiger partial charge in [0.2, 0.25) is 5.91 Å². The van der Waals surface area contributed by atoms with Crippen LogP contribution in [0.1, 0.15) is 23.2 Å². The Morgan fingerprint density at radius 2 is 1.63 bits per heavy atom. The summed E-state index contributed by atoms with van der Waals surface area (Å²) in [5.41, 5.74) is 0.682. The zero-order valence-corrected chi connectivity index (χ0v) is 15.5. The first-order valence-corrected chi connectivity index (χ1v) is 9.72. The Labute approximate surface area is 159 Å². The molecule has 7 nitrogen and oxygen atoms in total. The number of carbonyl (C=O) groups is 2. The fourth-order valence-electron chi connectivity index (χ4n) is 3.89. The van der Waals surface area contributed by atoms with Gasteiger partial charge in [-0.3, -0.25) is 14.5 Å². The molecule has 1 amide bonds. The van der Waals surface area contributed by atoms with Crippen molar-refractivity contribution >= 4 is 11.7 Å². The molecule has 0 aliphatic carbocycles. The summed E-state index contributed by atoms with van der Waals surface area (Å²) in [7, 11) is 0. The first-order valence-electron chi connectivity index (χ1n) is 9.72. The largest absolute Gasteiger partial charge is 0.486 e. The molecule has 27 heavy (non-hydrogen) atoms. The quantitative estimate of drug-likeness (QED) is 0.738. The molecule has 0 saturated carbocycles. The molecule has 3 aliphatic rings. The number of benzene rings is 1. The maximum atomic E-state index is 12.9. The highest BCUT2D eigenvalue weighted by Crippen LogP contribution is 2.32. The maximum absolute atomic E-state index is 12.9. The van der Waals surface area contributed by atoms with Crippen molar-refractivity contribution in [3.8, 4) is 11.5 Å². The number of Topliss-reactive ketones (excluding diaryl/α,β-unsaturated/α-hetero) is 1.